The first kappa shape index (κ1) is 6.61. The van der Waals surface area contributed by atoms with Gasteiger partial charge in [0.1, 0.15) is 5.75 Å². The minimum Gasteiger partial charge on any atom is -0.508 e. The Morgan fingerprint density at radius 3 is 2.60 bits per heavy atom. The number of aromatic hydroxyl groups is 2. The van der Waals surface area contributed by atoms with E-state index in [0.717, 1.165) is 6.07 Å². The van der Waals surface area contributed by atoms with E-state index >= 15 is 0 Å². The normalized spacial score (nSPS) is 9.20. The first-order valence-corrected chi connectivity index (χ1v) is 2.72. The Morgan fingerprint density at radius 2 is 1.90 bits per heavy atom. The van der Waals surface area contributed by atoms with Crippen molar-refractivity contribution in [3.8, 4) is 11.5 Å². The van der Waals surface area contributed by atoms with Crippen LogP contribution in [0.5, 0.6) is 11.5 Å². The van der Waals surface area contributed by atoms with Gasteiger partial charge in [0.05, 0.1) is 0 Å². The van der Waals surface area contributed by atoms with Crippen molar-refractivity contribution >= 4 is 0 Å². The van der Waals surface area contributed by atoms with Gasteiger partial charge in [-0.05, 0) is 12.1 Å². The van der Waals surface area contributed by atoms with Gasteiger partial charge >= 0.3 is 0 Å². The van der Waals surface area contributed by atoms with E-state index in [4.69, 9.17) is 10.2 Å². The second kappa shape index (κ2) is 2.39. The highest BCUT2D eigenvalue weighted by Crippen LogP contribution is 2.04. The molecule has 0 aromatic heterocycles. The van der Waals surface area contributed by atoms with Gasteiger partial charge in [0, 0.05) is 6.07 Å². The molecule has 2 N–H and O–H groups in total. The van der Waals surface area contributed by atoms with E-state index in [1.165, 1.54) is 18.2 Å². The molecule has 1 aromatic carbocycles. The Bertz CT molecular complexity index is 293. The van der Waals surface area contributed by atoms with Gasteiger partial charge in [0.15, 0.2) is 5.75 Å². The smallest absolute Gasteiger partial charge is 0.223 e. The largest absolute Gasteiger partial charge is 0.508 e. The molecule has 0 saturated carbocycles. The third kappa shape index (κ3) is 1.25. The molecule has 0 aliphatic rings. The van der Waals surface area contributed by atoms with Gasteiger partial charge in [-0.25, -0.2) is 0 Å². The van der Waals surface area contributed by atoms with Gasteiger partial charge in [-0.2, -0.15) is 0 Å². The van der Waals surface area contributed by atoms with Crippen molar-refractivity contribution in [3.63, 3.8) is 0 Å². The van der Waals surface area contributed by atoms with Gasteiger partial charge in [0.25, 0.3) is 0 Å². The molecule has 1 rings (SSSR count). The Balaban J connectivity index is 3.46. The molecule has 0 unspecified atom stereocenters. The standard InChI is InChI=1S/C7H6O3/c8-5-2-1-3-6(9)7(10)4-5/h1-4,8H,(H,9,10). The summed E-state index contributed by atoms with van der Waals surface area (Å²) in [6.07, 6.45) is 0. The number of hydrogen-bond acceptors (Lipinski definition) is 3. The zero-order valence-corrected chi connectivity index (χ0v) is 5.11. The van der Waals surface area contributed by atoms with Crippen LogP contribution in [0.2, 0.25) is 0 Å². The quantitative estimate of drug-likeness (QED) is 0.547. The molecule has 0 atom stereocenters. The summed E-state index contributed by atoms with van der Waals surface area (Å²) < 4.78 is 0. The predicted molar refractivity (Wildman–Crippen MR) is 36.0 cm³/mol. The van der Waals surface area contributed by atoms with Gasteiger partial charge in [-0.1, -0.05) is 6.07 Å². The van der Waals surface area contributed by atoms with E-state index in [2.05, 4.69) is 0 Å². The zero-order chi connectivity index (χ0) is 7.56. The van der Waals surface area contributed by atoms with Crippen molar-refractivity contribution in [2.24, 2.45) is 0 Å². The SMILES string of the molecule is O=c1cc(O)cccc1O. The van der Waals surface area contributed by atoms with Crippen molar-refractivity contribution < 1.29 is 10.2 Å². The average Bonchev–Trinajstić information content (AvgIpc) is 1.96. The molecule has 3 heteroatoms. The predicted octanol–water partition coefficient (Wildman–Crippen LogP) is 0.458. The minimum atomic E-state index is -0.581. The molecule has 0 amide bonds. The fraction of sp³-hybridized carbons (Fsp3) is 0. The van der Waals surface area contributed by atoms with Crippen LogP contribution in [0.15, 0.2) is 29.1 Å². The molecule has 0 fully saturated rings. The molecule has 52 valence electrons. The first-order valence-electron chi connectivity index (χ1n) is 2.72. The molecule has 0 aliphatic carbocycles. The summed E-state index contributed by atoms with van der Waals surface area (Å²) >= 11 is 0. The van der Waals surface area contributed by atoms with Crippen LogP contribution in [0.4, 0.5) is 0 Å². The first-order chi connectivity index (χ1) is 4.70. The molecule has 0 spiro atoms. The van der Waals surface area contributed by atoms with Crippen LogP contribution in [-0.2, 0) is 0 Å². The van der Waals surface area contributed by atoms with Gasteiger partial charge in [-0.15, -0.1) is 0 Å². The van der Waals surface area contributed by atoms with Gasteiger partial charge < -0.3 is 10.2 Å². The highest BCUT2D eigenvalue weighted by molar-refractivity contribution is 5.26. The maximum Gasteiger partial charge on any atom is 0.223 e. The maximum absolute atomic E-state index is 10.6. The summed E-state index contributed by atoms with van der Waals surface area (Å²) in [6.45, 7) is 0. The third-order valence-electron chi connectivity index (χ3n) is 1.05. The highest BCUT2D eigenvalue weighted by atomic mass is 16.3. The molecule has 1 aromatic rings. The summed E-state index contributed by atoms with van der Waals surface area (Å²) in [5, 5.41) is 17.6. The van der Waals surface area contributed by atoms with E-state index in [-0.39, 0.29) is 11.5 Å². The van der Waals surface area contributed by atoms with E-state index < -0.39 is 5.43 Å². The summed E-state index contributed by atoms with van der Waals surface area (Å²) in [5.74, 6) is -0.509. The van der Waals surface area contributed by atoms with E-state index in [0.29, 0.717) is 0 Å². The summed E-state index contributed by atoms with van der Waals surface area (Å²) in [5.41, 5.74) is -0.581. The molecule has 0 saturated heterocycles. The third-order valence-corrected chi connectivity index (χ3v) is 1.05. The van der Waals surface area contributed by atoms with Crippen molar-refractivity contribution in [2.75, 3.05) is 0 Å². The van der Waals surface area contributed by atoms with Crippen LogP contribution in [0, 0.1) is 0 Å². The van der Waals surface area contributed by atoms with E-state index in [1.54, 1.807) is 0 Å². The lowest BCUT2D eigenvalue weighted by atomic mass is 10.4. The van der Waals surface area contributed by atoms with Crippen molar-refractivity contribution in [2.45, 2.75) is 0 Å². The Labute approximate surface area is 57.2 Å². The van der Waals surface area contributed by atoms with Crippen LogP contribution in [-0.4, -0.2) is 10.2 Å². The average molecular weight is 138 g/mol. The topological polar surface area (TPSA) is 57.5 Å². The lowest BCUT2D eigenvalue weighted by Crippen LogP contribution is -1.91. The molecule has 0 heterocycles. The van der Waals surface area contributed by atoms with Gasteiger partial charge in [0.2, 0.25) is 5.43 Å². The fourth-order valence-electron chi connectivity index (χ4n) is 0.576. The van der Waals surface area contributed by atoms with Crippen LogP contribution >= 0.6 is 0 Å². The maximum atomic E-state index is 10.6. The second-order valence-corrected chi connectivity index (χ2v) is 1.84. The molecular weight excluding hydrogens is 132 g/mol. The van der Waals surface area contributed by atoms with E-state index in [9.17, 15) is 4.79 Å². The van der Waals surface area contributed by atoms with Crippen LogP contribution < -0.4 is 5.43 Å². The van der Waals surface area contributed by atoms with Crippen molar-refractivity contribution in [1.29, 1.82) is 0 Å². The summed E-state index contributed by atoms with van der Waals surface area (Å²) in [4.78, 5) is 10.6. The molecule has 0 radical (unpaired) electrons. The summed E-state index contributed by atoms with van der Waals surface area (Å²) in [7, 11) is 0. The van der Waals surface area contributed by atoms with Crippen molar-refractivity contribution in [1.82, 2.24) is 0 Å². The molecule has 0 aliphatic heterocycles. The van der Waals surface area contributed by atoms with E-state index in [1.807, 2.05) is 0 Å². The van der Waals surface area contributed by atoms with Crippen LogP contribution in [0.1, 0.15) is 0 Å². The Hall–Kier alpha value is -1.51. The second-order valence-electron chi connectivity index (χ2n) is 1.84. The minimum absolute atomic E-state index is 0.148. The summed E-state index contributed by atoms with van der Waals surface area (Å²) in [6, 6.07) is 4.89. The van der Waals surface area contributed by atoms with Crippen LogP contribution in [0.25, 0.3) is 0 Å². The zero-order valence-electron chi connectivity index (χ0n) is 5.11. The van der Waals surface area contributed by atoms with Gasteiger partial charge in [-0.3, -0.25) is 4.79 Å². The Kier molecular flexibility index (Phi) is 1.58. The highest BCUT2D eigenvalue weighted by Gasteiger charge is 1.91. The number of hydrogen-bond donors (Lipinski definition) is 2. The lowest BCUT2D eigenvalue weighted by Gasteiger charge is -1.77. The lowest BCUT2D eigenvalue weighted by molar-refractivity contribution is 0.466. The Morgan fingerprint density at radius 1 is 1.20 bits per heavy atom. The fourth-order valence-corrected chi connectivity index (χ4v) is 0.576. The molecular formula is C7H6O3. The van der Waals surface area contributed by atoms with Crippen molar-refractivity contribution in [3.05, 3.63) is 34.5 Å². The number of rotatable bonds is 0. The molecule has 3 nitrogen and oxygen atoms in total. The molecule has 0 bridgehead atoms. The van der Waals surface area contributed by atoms with Crippen LogP contribution in [0.3, 0.4) is 0 Å². The monoisotopic (exact) mass is 138 g/mol. The molecule has 10 heavy (non-hydrogen) atoms.